The summed E-state index contributed by atoms with van der Waals surface area (Å²) in [5, 5.41) is 8.84. The molecule has 0 aliphatic heterocycles. The third-order valence-corrected chi connectivity index (χ3v) is 2.26. The minimum Gasteiger partial charge on any atom is -0.665 e. The first-order valence-corrected chi connectivity index (χ1v) is 4.97. The molecule has 0 fully saturated rings. The molecule has 0 aliphatic carbocycles. The van der Waals surface area contributed by atoms with Gasteiger partial charge in [-0.3, -0.25) is 0 Å². The standard InChI is InChI=1S/C12H15O3.CH3.U/c1-3-4-5-9-8-10(12(13)14)6-7-11(9)15-2;;/h6-8H,2-5H2,1H3,(H,13,14);1H3;/q2*-1;+2. The molecule has 1 aromatic carbocycles. The van der Waals surface area contributed by atoms with Crippen LogP contribution in [-0.4, -0.2) is 11.1 Å². The van der Waals surface area contributed by atoms with Crippen molar-refractivity contribution in [2.24, 2.45) is 0 Å². The SMILES string of the molecule is [CH2-]Oc1ccc(C(=O)O)cc1CCCC.[CH3-].[U+2]. The Morgan fingerprint density at radius 2 is 2.12 bits per heavy atom. The van der Waals surface area contributed by atoms with Gasteiger partial charge in [-0.2, -0.15) is 7.11 Å². The van der Waals surface area contributed by atoms with E-state index in [0.29, 0.717) is 11.3 Å². The van der Waals surface area contributed by atoms with Gasteiger partial charge in [0.1, 0.15) is 0 Å². The zero-order chi connectivity index (χ0) is 11.3. The van der Waals surface area contributed by atoms with Gasteiger partial charge in [-0.1, -0.05) is 13.3 Å². The Bertz CT molecular complexity index is 351. The van der Waals surface area contributed by atoms with Crippen molar-refractivity contribution in [2.45, 2.75) is 26.2 Å². The zero-order valence-corrected chi connectivity index (χ0v) is 14.5. The number of ether oxygens (including phenoxy) is 1. The van der Waals surface area contributed by atoms with Crippen molar-refractivity contribution in [3.05, 3.63) is 43.9 Å². The van der Waals surface area contributed by atoms with Gasteiger partial charge in [0.2, 0.25) is 0 Å². The minimum absolute atomic E-state index is 0. The largest absolute Gasteiger partial charge is 2.00 e. The van der Waals surface area contributed by atoms with Gasteiger partial charge in [0.25, 0.3) is 0 Å². The summed E-state index contributed by atoms with van der Waals surface area (Å²) in [6.07, 6.45) is 2.90. The summed E-state index contributed by atoms with van der Waals surface area (Å²) in [5.41, 5.74) is 1.20. The van der Waals surface area contributed by atoms with Crippen molar-refractivity contribution in [3.8, 4) is 5.75 Å². The second kappa shape index (κ2) is 9.56. The Hall–Kier alpha value is -0.458. The number of carbonyl (C=O) groups is 1. The van der Waals surface area contributed by atoms with Gasteiger partial charge in [0.15, 0.2) is 0 Å². The molecule has 0 spiro atoms. The third-order valence-electron chi connectivity index (χ3n) is 2.26. The van der Waals surface area contributed by atoms with Gasteiger partial charge >= 0.3 is 37.1 Å². The van der Waals surface area contributed by atoms with Crippen LogP contribution in [0.5, 0.6) is 5.75 Å². The quantitative estimate of drug-likeness (QED) is 0.686. The number of unbranched alkanes of at least 4 members (excludes halogenated alkanes) is 1. The van der Waals surface area contributed by atoms with E-state index in [0.717, 1.165) is 24.8 Å². The molecule has 0 bridgehead atoms. The number of aryl methyl sites for hydroxylation is 1. The third kappa shape index (κ3) is 5.61. The molecule has 0 saturated carbocycles. The second-order valence-corrected chi connectivity index (χ2v) is 3.38. The number of hydrogen-bond acceptors (Lipinski definition) is 2. The fourth-order valence-electron chi connectivity index (χ4n) is 1.42. The number of carboxylic acids is 1. The first-order valence-electron chi connectivity index (χ1n) is 4.97. The minimum atomic E-state index is -0.914. The van der Waals surface area contributed by atoms with E-state index in [1.54, 1.807) is 12.1 Å². The van der Waals surface area contributed by atoms with Crippen LogP contribution in [0.3, 0.4) is 0 Å². The number of hydrogen-bond donors (Lipinski definition) is 1. The van der Waals surface area contributed by atoms with Crippen molar-refractivity contribution >= 4 is 5.97 Å². The van der Waals surface area contributed by atoms with Crippen molar-refractivity contribution < 1.29 is 45.8 Å². The van der Waals surface area contributed by atoms with E-state index in [4.69, 9.17) is 9.84 Å². The molecule has 0 aromatic heterocycles. The molecule has 0 amide bonds. The van der Waals surface area contributed by atoms with E-state index in [2.05, 4.69) is 14.0 Å². The predicted octanol–water partition coefficient (Wildman–Crippen LogP) is 3.35. The summed E-state index contributed by atoms with van der Waals surface area (Å²) in [5.74, 6) is -0.253. The van der Waals surface area contributed by atoms with Gasteiger partial charge in [-0.25, -0.2) is 4.79 Å². The molecule has 92 valence electrons. The fourth-order valence-corrected chi connectivity index (χ4v) is 1.42. The summed E-state index contributed by atoms with van der Waals surface area (Å²) in [7, 11) is 3.35. The van der Waals surface area contributed by atoms with Gasteiger partial charge in [0, 0.05) is 0 Å². The van der Waals surface area contributed by atoms with Crippen LogP contribution in [0, 0.1) is 45.6 Å². The molecule has 1 rings (SSSR count). The van der Waals surface area contributed by atoms with E-state index in [9.17, 15) is 4.79 Å². The Kier molecular flexibility index (Phi) is 10.6. The molecule has 0 radical (unpaired) electrons. The second-order valence-electron chi connectivity index (χ2n) is 3.38. The van der Waals surface area contributed by atoms with Crippen LogP contribution in [0.1, 0.15) is 35.7 Å². The Morgan fingerprint density at radius 3 is 2.59 bits per heavy atom. The number of rotatable bonds is 5. The molecule has 17 heavy (non-hydrogen) atoms. The maximum atomic E-state index is 10.8. The molecule has 0 unspecified atom stereocenters. The van der Waals surface area contributed by atoms with E-state index in [1.165, 1.54) is 6.07 Å². The smallest absolute Gasteiger partial charge is 0.665 e. The van der Waals surface area contributed by atoms with Crippen molar-refractivity contribution in [3.63, 3.8) is 0 Å². The zero-order valence-electron chi connectivity index (χ0n) is 10.3. The first-order chi connectivity index (χ1) is 7.19. The van der Waals surface area contributed by atoms with Gasteiger partial charge < -0.3 is 17.3 Å². The Labute approximate surface area is 127 Å². The van der Waals surface area contributed by atoms with Crippen molar-refractivity contribution in [1.29, 1.82) is 0 Å². The maximum Gasteiger partial charge on any atom is 2.00 e. The molecule has 0 saturated heterocycles. The topological polar surface area (TPSA) is 46.5 Å². The molecular weight excluding hydrogens is 442 g/mol. The monoisotopic (exact) mass is 460 g/mol. The Balaban J connectivity index is 0. The first kappa shape index (κ1) is 18.9. The van der Waals surface area contributed by atoms with Crippen LogP contribution in [0.15, 0.2) is 18.2 Å². The van der Waals surface area contributed by atoms with Crippen LogP contribution >= 0.6 is 0 Å². The van der Waals surface area contributed by atoms with Crippen molar-refractivity contribution in [1.82, 2.24) is 0 Å². The molecule has 0 aliphatic rings. The van der Waals surface area contributed by atoms with Crippen LogP contribution in [0.4, 0.5) is 0 Å². The maximum absolute atomic E-state index is 10.8. The van der Waals surface area contributed by atoms with Crippen LogP contribution in [-0.2, 0) is 6.42 Å². The molecule has 3 nitrogen and oxygen atoms in total. The summed E-state index contributed by atoms with van der Waals surface area (Å²) in [6, 6.07) is 4.83. The van der Waals surface area contributed by atoms with E-state index >= 15 is 0 Å². The van der Waals surface area contributed by atoms with E-state index in [1.807, 2.05) is 0 Å². The van der Waals surface area contributed by atoms with Crippen molar-refractivity contribution in [2.75, 3.05) is 0 Å². The summed E-state index contributed by atoms with van der Waals surface area (Å²) in [4.78, 5) is 10.8. The number of benzene rings is 1. The van der Waals surface area contributed by atoms with Crippen LogP contribution in [0.25, 0.3) is 0 Å². The molecule has 1 aromatic rings. The Morgan fingerprint density at radius 1 is 1.47 bits per heavy atom. The average Bonchev–Trinajstić information content (AvgIpc) is 2.25. The fraction of sp³-hybridized carbons (Fsp3) is 0.308. The molecule has 0 heterocycles. The van der Waals surface area contributed by atoms with Gasteiger partial charge in [-0.15, -0.1) is 0 Å². The summed E-state index contributed by atoms with van der Waals surface area (Å²) < 4.78 is 4.93. The molecule has 1 N–H and O–H groups in total. The summed E-state index contributed by atoms with van der Waals surface area (Å²) >= 11 is 0. The van der Waals surface area contributed by atoms with Crippen LogP contribution in [0.2, 0.25) is 0 Å². The normalized spacial score (nSPS) is 8.82. The molecular formula is C13H18O3U. The van der Waals surface area contributed by atoms with Gasteiger partial charge in [-0.05, 0) is 36.6 Å². The predicted molar refractivity (Wildman–Crippen MR) is 64.4 cm³/mol. The number of aromatic carboxylic acids is 1. The molecule has 0 atom stereocenters. The molecule has 4 heteroatoms. The van der Waals surface area contributed by atoms with Crippen LogP contribution < -0.4 is 4.74 Å². The van der Waals surface area contributed by atoms with Gasteiger partial charge in [0.05, 0.1) is 11.3 Å². The summed E-state index contributed by atoms with van der Waals surface area (Å²) in [6.45, 7) is 2.09. The van der Waals surface area contributed by atoms with E-state index < -0.39 is 5.97 Å². The van der Waals surface area contributed by atoms with E-state index in [-0.39, 0.29) is 38.5 Å². The average molecular weight is 460 g/mol. The number of carboxylic acid groups (broad SMARTS) is 1.